The van der Waals surface area contributed by atoms with E-state index in [4.69, 9.17) is 9.84 Å². The minimum absolute atomic E-state index is 0.178. The van der Waals surface area contributed by atoms with E-state index in [9.17, 15) is 0 Å². The van der Waals surface area contributed by atoms with Gasteiger partial charge in [-0.25, -0.2) is 0 Å². The summed E-state index contributed by atoms with van der Waals surface area (Å²) in [6, 6.07) is 4.09. The number of hydrogen-bond acceptors (Lipinski definition) is 3. The third-order valence-corrected chi connectivity index (χ3v) is 4.35. The summed E-state index contributed by atoms with van der Waals surface area (Å²) < 4.78 is 7.73. The first-order valence-corrected chi connectivity index (χ1v) is 8.90. The van der Waals surface area contributed by atoms with Gasteiger partial charge in [0.2, 0.25) is 0 Å². The molecule has 0 amide bonds. The normalized spacial score (nSPS) is 11.7. The first-order chi connectivity index (χ1) is 9.89. The molecular formula is C16H25Br2NO2. The summed E-state index contributed by atoms with van der Waals surface area (Å²) in [4.78, 5) is 0. The van der Waals surface area contributed by atoms with Gasteiger partial charge in [0.15, 0.2) is 0 Å². The van der Waals surface area contributed by atoms with Crippen molar-refractivity contribution in [3.63, 3.8) is 0 Å². The maximum atomic E-state index is 8.94. The van der Waals surface area contributed by atoms with Crippen molar-refractivity contribution < 1.29 is 9.84 Å². The summed E-state index contributed by atoms with van der Waals surface area (Å²) >= 11 is 7.08. The lowest BCUT2D eigenvalue weighted by molar-refractivity contribution is 0.236. The number of hydrogen-bond donors (Lipinski definition) is 2. The molecule has 0 radical (unpaired) electrons. The molecule has 0 bridgehead atoms. The van der Waals surface area contributed by atoms with Crippen LogP contribution in [0.5, 0.6) is 5.75 Å². The predicted octanol–water partition coefficient (Wildman–Crippen LogP) is 4.50. The molecule has 0 aliphatic carbocycles. The largest absolute Gasteiger partial charge is 0.492 e. The van der Waals surface area contributed by atoms with Gasteiger partial charge in [0.25, 0.3) is 0 Å². The monoisotopic (exact) mass is 421 g/mol. The highest BCUT2D eigenvalue weighted by atomic mass is 79.9. The van der Waals surface area contributed by atoms with Gasteiger partial charge in [0.05, 0.1) is 11.1 Å². The highest BCUT2D eigenvalue weighted by Crippen LogP contribution is 2.33. The molecule has 0 saturated heterocycles. The molecule has 1 aromatic carbocycles. The Bertz CT molecular complexity index is 450. The van der Waals surface area contributed by atoms with Crippen molar-refractivity contribution in [2.45, 2.75) is 40.2 Å². The van der Waals surface area contributed by atoms with Gasteiger partial charge in [0, 0.05) is 29.7 Å². The van der Waals surface area contributed by atoms with E-state index in [1.807, 2.05) is 13.0 Å². The van der Waals surface area contributed by atoms with Crippen molar-refractivity contribution in [3.05, 3.63) is 26.6 Å². The van der Waals surface area contributed by atoms with Crippen LogP contribution in [0.15, 0.2) is 21.1 Å². The average molecular weight is 423 g/mol. The molecule has 120 valence electrons. The zero-order valence-electron chi connectivity index (χ0n) is 13.0. The van der Waals surface area contributed by atoms with Crippen LogP contribution in [-0.2, 0) is 6.54 Å². The Balaban J connectivity index is 2.66. The topological polar surface area (TPSA) is 41.5 Å². The molecule has 0 spiro atoms. The first kappa shape index (κ1) is 18.9. The van der Waals surface area contributed by atoms with Crippen LogP contribution in [0.3, 0.4) is 0 Å². The number of nitrogens with one attached hydrogen (secondary N) is 1. The quantitative estimate of drug-likeness (QED) is 0.615. The van der Waals surface area contributed by atoms with E-state index in [1.165, 1.54) is 0 Å². The van der Waals surface area contributed by atoms with Crippen LogP contribution in [-0.4, -0.2) is 24.9 Å². The van der Waals surface area contributed by atoms with Gasteiger partial charge in [-0.1, -0.05) is 29.8 Å². The lowest BCUT2D eigenvalue weighted by Crippen LogP contribution is -2.29. The fraction of sp³-hybridized carbons (Fsp3) is 0.625. The van der Waals surface area contributed by atoms with Crippen LogP contribution in [0.4, 0.5) is 0 Å². The molecule has 0 heterocycles. The van der Waals surface area contributed by atoms with Crippen LogP contribution in [0.25, 0.3) is 0 Å². The Morgan fingerprint density at radius 2 is 2.00 bits per heavy atom. The van der Waals surface area contributed by atoms with Crippen LogP contribution >= 0.6 is 31.9 Å². The number of aliphatic hydroxyl groups is 1. The summed E-state index contributed by atoms with van der Waals surface area (Å²) in [5.41, 5.74) is 1.31. The second-order valence-corrected chi connectivity index (χ2v) is 7.67. The van der Waals surface area contributed by atoms with Gasteiger partial charge < -0.3 is 15.2 Å². The Morgan fingerprint density at radius 3 is 2.62 bits per heavy atom. The second-order valence-electron chi connectivity index (χ2n) is 5.90. The van der Waals surface area contributed by atoms with Crippen molar-refractivity contribution in [1.82, 2.24) is 5.32 Å². The van der Waals surface area contributed by atoms with E-state index < -0.39 is 0 Å². The van der Waals surface area contributed by atoms with Gasteiger partial charge >= 0.3 is 0 Å². The number of halogens is 2. The predicted molar refractivity (Wildman–Crippen MR) is 94.8 cm³/mol. The lowest BCUT2D eigenvalue weighted by Gasteiger charge is -2.25. The molecule has 3 nitrogen and oxygen atoms in total. The van der Waals surface area contributed by atoms with Crippen molar-refractivity contribution in [2.24, 2.45) is 5.41 Å². The zero-order valence-corrected chi connectivity index (χ0v) is 16.2. The molecule has 2 N–H and O–H groups in total. The van der Waals surface area contributed by atoms with Crippen molar-refractivity contribution >= 4 is 31.9 Å². The van der Waals surface area contributed by atoms with E-state index in [0.717, 1.165) is 46.2 Å². The maximum Gasteiger partial charge on any atom is 0.138 e. The molecule has 0 aromatic heterocycles. The van der Waals surface area contributed by atoms with Crippen molar-refractivity contribution in [1.29, 1.82) is 0 Å². The molecule has 0 atom stereocenters. The third kappa shape index (κ3) is 6.68. The summed E-state index contributed by atoms with van der Waals surface area (Å²) in [5, 5.41) is 12.4. The van der Waals surface area contributed by atoms with E-state index in [0.29, 0.717) is 6.61 Å². The fourth-order valence-electron chi connectivity index (χ4n) is 2.23. The fourth-order valence-corrected chi connectivity index (χ4v) is 3.66. The second kappa shape index (κ2) is 9.13. The van der Waals surface area contributed by atoms with Gasteiger partial charge in [-0.3, -0.25) is 0 Å². The lowest BCUT2D eigenvalue weighted by atomic mass is 9.88. The average Bonchev–Trinajstić information content (AvgIpc) is 2.40. The smallest absolute Gasteiger partial charge is 0.138 e. The molecule has 5 heteroatoms. The summed E-state index contributed by atoms with van der Waals surface area (Å²) in [5.74, 6) is 0.904. The standard InChI is InChI=1S/C16H25Br2NO2/c1-4-21-15-12(8-13(17)9-14(15)18)10-19-11-16(2,3)6-5-7-20/h8-9,19-20H,4-7,10-11H2,1-3H3. The number of benzene rings is 1. The van der Waals surface area contributed by atoms with Crippen molar-refractivity contribution in [2.75, 3.05) is 19.8 Å². The minimum Gasteiger partial charge on any atom is -0.492 e. The maximum absolute atomic E-state index is 8.94. The van der Waals surface area contributed by atoms with Gasteiger partial charge in [0.1, 0.15) is 5.75 Å². The Morgan fingerprint density at radius 1 is 1.29 bits per heavy atom. The Labute approximate surface area is 144 Å². The molecule has 0 aliphatic rings. The summed E-state index contributed by atoms with van der Waals surface area (Å²) in [6.07, 6.45) is 1.86. The number of aliphatic hydroxyl groups excluding tert-OH is 1. The van der Waals surface area contributed by atoms with Gasteiger partial charge in [-0.05, 0) is 53.2 Å². The SMILES string of the molecule is CCOc1c(Br)cc(Br)cc1CNCC(C)(C)CCCO. The zero-order chi connectivity index (χ0) is 15.9. The highest BCUT2D eigenvalue weighted by molar-refractivity contribution is 9.11. The molecule has 0 unspecified atom stereocenters. The molecule has 1 rings (SSSR count). The highest BCUT2D eigenvalue weighted by Gasteiger charge is 2.17. The summed E-state index contributed by atoms with van der Waals surface area (Å²) in [6.45, 7) is 9.00. The van der Waals surface area contributed by atoms with Crippen LogP contribution < -0.4 is 10.1 Å². The van der Waals surface area contributed by atoms with Crippen LogP contribution in [0.1, 0.15) is 39.2 Å². The summed E-state index contributed by atoms with van der Waals surface area (Å²) in [7, 11) is 0. The Hall–Kier alpha value is -0.100. The Kier molecular flexibility index (Phi) is 8.24. The van der Waals surface area contributed by atoms with Gasteiger partial charge in [-0.15, -0.1) is 0 Å². The van der Waals surface area contributed by atoms with E-state index in [2.05, 4.69) is 57.1 Å². The van der Waals surface area contributed by atoms with Crippen molar-refractivity contribution in [3.8, 4) is 5.75 Å². The van der Waals surface area contributed by atoms with Crippen LogP contribution in [0.2, 0.25) is 0 Å². The minimum atomic E-state index is 0.178. The van der Waals surface area contributed by atoms with E-state index in [1.54, 1.807) is 0 Å². The molecule has 21 heavy (non-hydrogen) atoms. The number of ether oxygens (including phenoxy) is 1. The third-order valence-electron chi connectivity index (χ3n) is 3.30. The number of rotatable bonds is 9. The molecular weight excluding hydrogens is 398 g/mol. The van der Waals surface area contributed by atoms with E-state index >= 15 is 0 Å². The van der Waals surface area contributed by atoms with E-state index in [-0.39, 0.29) is 12.0 Å². The van der Waals surface area contributed by atoms with Crippen LogP contribution in [0, 0.1) is 5.41 Å². The molecule has 0 aliphatic heterocycles. The van der Waals surface area contributed by atoms with Gasteiger partial charge in [-0.2, -0.15) is 0 Å². The molecule has 0 saturated carbocycles. The molecule has 0 fully saturated rings. The first-order valence-electron chi connectivity index (χ1n) is 7.32. The molecule has 1 aromatic rings.